The Balaban J connectivity index is 1.78. The first kappa shape index (κ1) is 17.2. The third-order valence-electron chi connectivity index (χ3n) is 7.23. The van der Waals surface area contributed by atoms with Gasteiger partial charge in [-0.25, -0.2) is 0 Å². The first-order valence-corrected chi connectivity index (χ1v) is 11.8. The number of benzene rings is 3. The van der Waals surface area contributed by atoms with Crippen LogP contribution < -0.4 is 19.9 Å². The molecule has 0 spiro atoms. The third kappa shape index (κ3) is 1.70. The normalized spacial score (nSPS) is 24.6. The molecule has 8 rings (SSSR count). The minimum atomic E-state index is -0.758. The highest BCUT2D eigenvalue weighted by molar-refractivity contribution is 7.01. The number of ether oxygens (including phenoxy) is 2. The van der Waals surface area contributed by atoms with E-state index in [2.05, 4.69) is 34.7 Å². The lowest BCUT2D eigenvalue weighted by atomic mass is 9.68. The first-order valence-electron chi connectivity index (χ1n) is 10.3. The summed E-state index contributed by atoms with van der Waals surface area (Å²) < 4.78 is 32.2. The summed E-state index contributed by atoms with van der Waals surface area (Å²) in [6.45, 7) is 4.26. The number of fused-ring (bicyclic) bond motifs is 13. The second-order valence-corrected chi connectivity index (χ2v) is 9.74. The van der Waals surface area contributed by atoms with Crippen LogP contribution in [0.15, 0.2) is 48.5 Å². The number of nitrogens with zero attached hydrogens (tertiary/aromatic N) is 4. The van der Waals surface area contributed by atoms with Gasteiger partial charge in [0, 0.05) is 32.7 Å². The van der Waals surface area contributed by atoms with Crippen LogP contribution in [0.5, 0.6) is 11.5 Å². The maximum atomic E-state index is 6.76. The Bertz CT molecular complexity index is 1660. The molecule has 0 radical (unpaired) electrons. The fourth-order valence-corrected chi connectivity index (χ4v) is 6.85. The van der Waals surface area contributed by atoms with Crippen LogP contribution in [-0.4, -0.2) is 28.7 Å². The molecular formula is C24H14N4O2S2. The molecule has 8 heteroatoms. The van der Waals surface area contributed by atoms with Crippen molar-refractivity contribution in [3.63, 3.8) is 0 Å². The summed E-state index contributed by atoms with van der Waals surface area (Å²) in [5, 5.41) is 2.07. The van der Waals surface area contributed by atoms with Crippen molar-refractivity contribution in [2.45, 2.75) is 25.0 Å². The average molecular weight is 455 g/mol. The second kappa shape index (κ2) is 5.33. The molecular weight excluding hydrogens is 440 g/mol. The zero-order chi connectivity index (χ0) is 21.2. The molecule has 3 aliphatic rings. The molecule has 4 heterocycles. The van der Waals surface area contributed by atoms with Gasteiger partial charge in [0.2, 0.25) is 0 Å². The van der Waals surface area contributed by atoms with Gasteiger partial charge >= 0.3 is 0 Å². The lowest BCUT2D eigenvalue weighted by molar-refractivity contribution is -0.00535. The minimum Gasteiger partial charge on any atom is -0.478 e. The van der Waals surface area contributed by atoms with Crippen LogP contribution in [0.4, 0.5) is 0 Å². The Kier molecular flexibility index (Phi) is 2.87. The van der Waals surface area contributed by atoms with Gasteiger partial charge in [0.05, 0.1) is 23.5 Å². The Morgan fingerprint density at radius 2 is 1.00 bits per heavy atom. The van der Waals surface area contributed by atoms with Crippen molar-refractivity contribution in [1.82, 2.24) is 17.5 Å². The van der Waals surface area contributed by atoms with E-state index in [1.807, 2.05) is 36.4 Å². The molecule has 0 N–H and O–H groups in total. The molecule has 2 atom stereocenters. The van der Waals surface area contributed by atoms with Crippen LogP contribution in [0, 0.1) is 0 Å². The van der Waals surface area contributed by atoms with Gasteiger partial charge in [-0.05, 0) is 26.0 Å². The molecule has 2 aromatic heterocycles. The van der Waals surface area contributed by atoms with Gasteiger partial charge in [0.25, 0.3) is 0 Å². The van der Waals surface area contributed by atoms with E-state index in [1.54, 1.807) is 0 Å². The van der Waals surface area contributed by atoms with Crippen LogP contribution >= 0.6 is 23.5 Å². The van der Waals surface area contributed by atoms with Gasteiger partial charge in [0.15, 0.2) is 11.2 Å². The predicted molar refractivity (Wildman–Crippen MR) is 124 cm³/mol. The van der Waals surface area contributed by atoms with Gasteiger partial charge in [-0.15, -0.1) is 0 Å². The van der Waals surface area contributed by atoms with Crippen molar-refractivity contribution < 1.29 is 9.47 Å². The largest absolute Gasteiger partial charge is 0.478 e. The van der Waals surface area contributed by atoms with Crippen LogP contribution in [0.1, 0.15) is 25.0 Å². The molecule has 5 aromatic rings. The smallest absolute Gasteiger partial charge is 0.176 e. The van der Waals surface area contributed by atoms with Crippen LogP contribution in [0.25, 0.3) is 33.2 Å². The van der Waals surface area contributed by atoms with Crippen molar-refractivity contribution >= 4 is 56.7 Å². The maximum Gasteiger partial charge on any atom is 0.176 e. The summed E-state index contributed by atoms with van der Waals surface area (Å²) in [4.78, 5) is 0. The minimum absolute atomic E-state index is 0.758. The number of hydrogen-bond acceptors (Lipinski definition) is 8. The molecule has 0 saturated carbocycles. The number of para-hydroxylation sites is 2. The summed E-state index contributed by atoms with van der Waals surface area (Å²) in [6.07, 6.45) is 0. The zero-order valence-electron chi connectivity index (χ0n) is 17.0. The lowest BCUT2D eigenvalue weighted by Crippen LogP contribution is -2.62. The van der Waals surface area contributed by atoms with Gasteiger partial charge in [-0.2, -0.15) is 17.5 Å². The lowest BCUT2D eigenvalue weighted by Gasteiger charge is -2.43. The van der Waals surface area contributed by atoms with Crippen LogP contribution in [0.2, 0.25) is 0 Å². The molecule has 0 unspecified atom stereocenters. The molecule has 6 nitrogen and oxygen atoms in total. The summed E-state index contributed by atoms with van der Waals surface area (Å²) in [6, 6.07) is 16.4. The molecule has 0 fully saturated rings. The standard InChI is InChI=1S/C24H14N4O2S2/c1-23-17(11-7-3-5-9-13(11)29-23)15-16(18-12-8-4-6-10-14(12)30-24(18,23)2)20-22(28-32-26-20)21-19(15)25-31-27-21/h3-10H,1-2H3/t23-,24-/m1/s1. The monoisotopic (exact) mass is 454 g/mol. The average Bonchev–Trinajstić information content (AvgIpc) is 3.55. The molecule has 3 aromatic carbocycles. The highest BCUT2D eigenvalue weighted by Gasteiger charge is 2.63. The van der Waals surface area contributed by atoms with Gasteiger partial charge in [0.1, 0.15) is 33.6 Å². The van der Waals surface area contributed by atoms with E-state index in [0.29, 0.717) is 0 Å². The van der Waals surface area contributed by atoms with E-state index in [4.69, 9.17) is 18.2 Å². The summed E-state index contributed by atoms with van der Waals surface area (Å²) in [5.74, 6) is 1.71. The fourth-order valence-electron chi connectivity index (χ4n) is 5.74. The molecule has 2 aliphatic heterocycles. The van der Waals surface area contributed by atoms with Crippen molar-refractivity contribution in [2.24, 2.45) is 0 Å². The van der Waals surface area contributed by atoms with E-state index in [0.717, 1.165) is 66.3 Å². The molecule has 154 valence electrons. The molecule has 1 aliphatic carbocycles. The summed E-state index contributed by atoms with van der Waals surface area (Å²) in [7, 11) is 0. The SMILES string of the molecule is C[C@@]12Oc3ccccc3C1=c1c(c3nsnc3c3nsnc13)=C1c3ccccc3O[C@]12C. The van der Waals surface area contributed by atoms with Gasteiger partial charge < -0.3 is 9.47 Å². The molecule has 0 amide bonds. The van der Waals surface area contributed by atoms with Crippen molar-refractivity contribution in [3.05, 3.63) is 70.1 Å². The number of rotatable bonds is 0. The zero-order valence-corrected chi connectivity index (χ0v) is 18.7. The van der Waals surface area contributed by atoms with Crippen molar-refractivity contribution in [1.29, 1.82) is 0 Å². The molecule has 0 saturated heterocycles. The highest BCUT2D eigenvalue weighted by Crippen LogP contribution is 2.57. The predicted octanol–water partition coefficient (Wildman–Crippen LogP) is 3.41. The Morgan fingerprint density at radius 3 is 1.47 bits per heavy atom. The van der Waals surface area contributed by atoms with Gasteiger partial charge in [-0.3, -0.25) is 0 Å². The van der Waals surface area contributed by atoms with Crippen LogP contribution in [-0.2, 0) is 0 Å². The Morgan fingerprint density at radius 1 is 0.594 bits per heavy atom. The van der Waals surface area contributed by atoms with E-state index in [-0.39, 0.29) is 0 Å². The number of aromatic nitrogens is 4. The second-order valence-electron chi connectivity index (χ2n) is 8.69. The summed E-state index contributed by atoms with van der Waals surface area (Å²) in [5.41, 5.74) is 6.07. The van der Waals surface area contributed by atoms with E-state index in [1.165, 1.54) is 23.5 Å². The number of hydrogen-bond donors (Lipinski definition) is 0. The van der Waals surface area contributed by atoms with Gasteiger partial charge in [-0.1, -0.05) is 36.4 Å². The Labute approximate surface area is 190 Å². The topological polar surface area (TPSA) is 70.0 Å². The quantitative estimate of drug-likeness (QED) is 0.357. The summed E-state index contributed by atoms with van der Waals surface area (Å²) >= 11 is 2.42. The van der Waals surface area contributed by atoms with E-state index >= 15 is 0 Å². The van der Waals surface area contributed by atoms with Crippen molar-refractivity contribution in [2.75, 3.05) is 0 Å². The Hall–Kier alpha value is -3.36. The van der Waals surface area contributed by atoms with Crippen LogP contribution in [0.3, 0.4) is 0 Å². The molecule has 0 bridgehead atoms. The van der Waals surface area contributed by atoms with Crippen molar-refractivity contribution in [3.8, 4) is 11.5 Å². The third-order valence-corrected chi connectivity index (χ3v) is 8.29. The van der Waals surface area contributed by atoms with E-state index < -0.39 is 11.2 Å². The highest BCUT2D eigenvalue weighted by atomic mass is 32.1. The maximum absolute atomic E-state index is 6.76. The van der Waals surface area contributed by atoms with E-state index in [9.17, 15) is 0 Å². The fraction of sp³-hybridized carbons (Fsp3) is 0.167. The molecule has 32 heavy (non-hydrogen) atoms. The first-order chi connectivity index (χ1) is 15.6.